The molecule has 0 radical (unpaired) electrons. The molecule has 0 aromatic heterocycles. The molecule has 1 aromatic carbocycles. The number of carbonyl (C=O) groups is 2. The summed E-state index contributed by atoms with van der Waals surface area (Å²) in [6.45, 7) is 4.55. The summed E-state index contributed by atoms with van der Waals surface area (Å²) in [4.78, 5) is 24.0. The number of aromatic carboxylic acids is 1. The van der Waals surface area contributed by atoms with Crippen LogP contribution in [-0.2, 0) is 4.79 Å². The van der Waals surface area contributed by atoms with Crippen LogP contribution in [0.25, 0.3) is 0 Å². The van der Waals surface area contributed by atoms with Gasteiger partial charge in [0, 0.05) is 19.2 Å². The molecule has 0 atom stereocenters. The molecule has 110 valence electrons. The molecule has 7 heteroatoms. The Morgan fingerprint density at radius 2 is 2.05 bits per heavy atom. The number of halogens is 1. The van der Waals surface area contributed by atoms with Crippen LogP contribution in [0.2, 0.25) is 0 Å². The van der Waals surface area contributed by atoms with Crippen LogP contribution in [0.5, 0.6) is 0 Å². The van der Waals surface area contributed by atoms with Gasteiger partial charge in [-0.15, -0.1) is 0 Å². The van der Waals surface area contributed by atoms with Gasteiger partial charge in [-0.05, 0) is 19.9 Å². The van der Waals surface area contributed by atoms with Crippen molar-refractivity contribution >= 4 is 23.3 Å². The van der Waals surface area contributed by atoms with Gasteiger partial charge in [-0.25, -0.2) is 9.18 Å². The summed E-state index contributed by atoms with van der Waals surface area (Å²) in [5.41, 5.74) is 5.69. The smallest absolute Gasteiger partial charge is 0.338 e. The standard InChI is InChI=1S/C13H18FN3O3/c1-3-16-12(18)7-17(4-2)11-6-9(14)8(13(19)20)5-10(11)15/h5-6H,3-4,7,15H2,1-2H3,(H,16,18)(H,19,20). The van der Waals surface area contributed by atoms with Crippen LogP contribution in [0.4, 0.5) is 15.8 Å². The van der Waals surface area contributed by atoms with Crippen molar-refractivity contribution < 1.29 is 19.1 Å². The van der Waals surface area contributed by atoms with Gasteiger partial charge >= 0.3 is 5.97 Å². The minimum atomic E-state index is -1.38. The number of rotatable bonds is 6. The van der Waals surface area contributed by atoms with Gasteiger partial charge in [-0.3, -0.25) is 4.79 Å². The van der Waals surface area contributed by atoms with Crippen LogP contribution in [-0.4, -0.2) is 36.6 Å². The minimum Gasteiger partial charge on any atom is -0.478 e. The van der Waals surface area contributed by atoms with Crippen LogP contribution < -0.4 is 16.0 Å². The zero-order valence-electron chi connectivity index (χ0n) is 11.4. The second kappa shape index (κ2) is 6.74. The van der Waals surface area contributed by atoms with E-state index in [1.807, 2.05) is 0 Å². The number of benzene rings is 1. The van der Waals surface area contributed by atoms with Gasteiger partial charge in [0.1, 0.15) is 5.82 Å². The first kappa shape index (κ1) is 15.7. The summed E-state index contributed by atoms with van der Waals surface area (Å²) < 4.78 is 13.7. The highest BCUT2D eigenvalue weighted by molar-refractivity contribution is 5.91. The predicted octanol–water partition coefficient (Wildman–Crippen LogP) is 1.07. The van der Waals surface area contributed by atoms with E-state index >= 15 is 0 Å². The van der Waals surface area contributed by atoms with E-state index < -0.39 is 17.3 Å². The van der Waals surface area contributed by atoms with Gasteiger partial charge in [-0.2, -0.15) is 0 Å². The fraction of sp³-hybridized carbons (Fsp3) is 0.385. The summed E-state index contributed by atoms with van der Waals surface area (Å²) in [5.74, 6) is -2.47. The SMILES string of the molecule is CCNC(=O)CN(CC)c1cc(F)c(C(=O)O)cc1N. The zero-order chi connectivity index (χ0) is 15.3. The van der Waals surface area contributed by atoms with Crippen molar-refractivity contribution in [2.24, 2.45) is 0 Å². The molecule has 6 nitrogen and oxygen atoms in total. The summed E-state index contributed by atoms with van der Waals surface area (Å²) in [6, 6.07) is 2.11. The number of nitrogens with two attached hydrogens (primary N) is 1. The van der Waals surface area contributed by atoms with E-state index in [1.54, 1.807) is 18.7 Å². The largest absolute Gasteiger partial charge is 0.478 e. The lowest BCUT2D eigenvalue weighted by Crippen LogP contribution is -2.37. The number of hydrogen-bond acceptors (Lipinski definition) is 4. The van der Waals surface area contributed by atoms with Gasteiger partial charge in [0.25, 0.3) is 0 Å². The maximum Gasteiger partial charge on any atom is 0.338 e. The van der Waals surface area contributed by atoms with Crippen molar-refractivity contribution in [3.8, 4) is 0 Å². The average molecular weight is 283 g/mol. The molecule has 4 N–H and O–H groups in total. The number of carboxylic acid groups (broad SMARTS) is 1. The third-order valence-electron chi connectivity index (χ3n) is 2.78. The maximum atomic E-state index is 13.7. The lowest BCUT2D eigenvalue weighted by molar-refractivity contribution is -0.119. The molecule has 0 aliphatic heterocycles. The van der Waals surface area contributed by atoms with Crippen molar-refractivity contribution in [1.29, 1.82) is 0 Å². The highest BCUT2D eigenvalue weighted by atomic mass is 19.1. The number of carboxylic acids is 1. The molecule has 20 heavy (non-hydrogen) atoms. The van der Waals surface area contributed by atoms with E-state index in [0.717, 1.165) is 12.1 Å². The first-order valence-corrected chi connectivity index (χ1v) is 6.24. The van der Waals surface area contributed by atoms with Crippen molar-refractivity contribution in [3.63, 3.8) is 0 Å². The number of nitrogens with one attached hydrogen (secondary N) is 1. The molecule has 0 fully saturated rings. The van der Waals surface area contributed by atoms with Crippen molar-refractivity contribution in [2.45, 2.75) is 13.8 Å². The van der Waals surface area contributed by atoms with E-state index in [2.05, 4.69) is 5.32 Å². The molecule has 0 saturated heterocycles. The van der Waals surface area contributed by atoms with Crippen molar-refractivity contribution in [1.82, 2.24) is 5.32 Å². The van der Waals surface area contributed by atoms with Crippen LogP contribution in [0.1, 0.15) is 24.2 Å². The fourth-order valence-corrected chi connectivity index (χ4v) is 1.81. The molecule has 0 saturated carbocycles. The van der Waals surface area contributed by atoms with Gasteiger partial charge in [-0.1, -0.05) is 0 Å². The second-order valence-electron chi connectivity index (χ2n) is 4.16. The van der Waals surface area contributed by atoms with Crippen LogP contribution in [0.3, 0.4) is 0 Å². The topological polar surface area (TPSA) is 95.7 Å². The van der Waals surface area contributed by atoms with Gasteiger partial charge < -0.3 is 21.1 Å². The highest BCUT2D eigenvalue weighted by Crippen LogP contribution is 2.26. The number of likely N-dealkylation sites (N-methyl/N-ethyl adjacent to an activating group) is 2. The predicted molar refractivity (Wildman–Crippen MR) is 74.3 cm³/mol. The third kappa shape index (κ3) is 3.59. The quantitative estimate of drug-likeness (QED) is 0.679. The molecule has 0 aliphatic rings. The molecule has 0 bridgehead atoms. The fourth-order valence-electron chi connectivity index (χ4n) is 1.81. The lowest BCUT2D eigenvalue weighted by Gasteiger charge is -2.24. The normalized spacial score (nSPS) is 10.2. The maximum absolute atomic E-state index is 13.7. The molecule has 0 unspecified atom stereocenters. The first-order valence-electron chi connectivity index (χ1n) is 6.24. The van der Waals surface area contributed by atoms with E-state index in [4.69, 9.17) is 10.8 Å². The van der Waals surface area contributed by atoms with Gasteiger partial charge in [0.05, 0.1) is 23.5 Å². The Bertz CT molecular complexity index is 520. The average Bonchev–Trinajstić information content (AvgIpc) is 2.38. The number of nitrogens with zero attached hydrogens (tertiary/aromatic N) is 1. The molecule has 1 aromatic rings. The first-order chi connectivity index (χ1) is 9.40. The molecule has 0 spiro atoms. The van der Waals surface area contributed by atoms with E-state index in [1.165, 1.54) is 0 Å². The monoisotopic (exact) mass is 283 g/mol. The second-order valence-corrected chi connectivity index (χ2v) is 4.16. The molecule has 0 aliphatic carbocycles. The number of anilines is 2. The number of nitrogen functional groups attached to an aromatic ring is 1. The Hall–Kier alpha value is -2.31. The van der Waals surface area contributed by atoms with Crippen molar-refractivity contribution in [2.75, 3.05) is 30.3 Å². The molecular weight excluding hydrogens is 265 g/mol. The van der Waals surface area contributed by atoms with Crippen LogP contribution in [0.15, 0.2) is 12.1 Å². The molecule has 1 amide bonds. The molecule has 1 rings (SSSR count). The molecular formula is C13H18FN3O3. The summed E-state index contributed by atoms with van der Waals surface area (Å²) >= 11 is 0. The Kier molecular flexibility index (Phi) is 5.31. The lowest BCUT2D eigenvalue weighted by atomic mass is 10.1. The summed E-state index contributed by atoms with van der Waals surface area (Å²) in [6.07, 6.45) is 0. The highest BCUT2D eigenvalue weighted by Gasteiger charge is 2.18. The van der Waals surface area contributed by atoms with Crippen LogP contribution >= 0.6 is 0 Å². The Morgan fingerprint density at radius 3 is 2.55 bits per heavy atom. The number of hydrogen-bond donors (Lipinski definition) is 3. The Labute approximate surface area is 116 Å². The summed E-state index contributed by atoms with van der Waals surface area (Å²) in [5, 5.41) is 11.5. The Morgan fingerprint density at radius 1 is 1.40 bits per heavy atom. The van der Waals surface area contributed by atoms with Crippen molar-refractivity contribution in [3.05, 3.63) is 23.5 Å². The van der Waals surface area contributed by atoms with E-state index in [-0.39, 0.29) is 18.1 Å². The minimum absolute atomic E-state index is 0.0282. The van der Waals surface area contributed by atoms with Crippen LogP contribution in [0, 0.1) is 5.82 Å². The van der Waals surface area contributed by atoms with E-state index in [9.17, 15) is 14.0 Å². The summed E-state index contributed by atoms with van der Waals surface area (Å²) in [7, 11) is 0. The van der Waals surface area contributed by atoms with Gasteiger partial charge in [0.2, 0.25) is 5.91 Å². The van der Waals surface area contributed by atoms with E-state index in [0.29, 0.717) is 18.8 Å². The zero-order valence-corrected chi connectivity index (χ0v) is 11.4. The van der Waals surface area contributed by atoms with Gasteiger partial charge in [0.15, 0.2) is 0 Å². The Balaban J connectivity index is 3.07. The third-order valence-corrected chi connectivity index (χ3v) is 2.78. The molecule has 0 heterocycles. The number of amides is 1. The number of carbonyl (C=O) groups excluding carboxylic acids is 1.